The monoisotopic (exact) mass is 210 g/mol. The number of carboxylic acids is 1. The van der Waals surface area contributed by atoms with Crippen LogP contribution in [0.2, 0.25) is 0 Å². The van der Waals surface area contributed by atoms with Crippen LogP contribution in [0.1, 0.15) is 15.9 Å². The molecule has 1 N–H and O–H groups in total. The lowest BCUT2D eigenvalue weighted by molar-refractivity contribution is -0.138. The Bertz CT molecular complexity index is 427. The number of ketones is 1. The van der Waals surface area contributed by atoms with Crippen LogP contribution >= 0.6 is 11.6 Å². The molecule has 72 valence electrons. The molecule has 0 aliphatic heterocycles. The molecule has 0 unspecified atom stereocenters. The fourth-order valence-corrected chi connectivity index (χ4v) is 1.87. The Hall–Kier alpha value is -1.35. The molecule has 3 nitrogen and oxygen atoms in total. The summed E-state index contributed by atoms with van der Waals surface area (Å²) in [6.45, 7) is 0. The molecule has 0 radical (unpaired) electrons. The van der Waals surface area contributed by atoms with Crippen molar-refractivity contribution in [2.24, 2.45) is 0 Å². The first kappa shape index (κ1) is 9.21. The second kappa shape index (κ2) is 2.82. The molecule has 0 fully saturated rings. The predicted octanol–water partition coefficient (Wildman–Crippen LogP) is 1.49. The van der Waals surface area contributed by atoms with Crippen LogP contribution in [0, 0.1) is 0 Å². The summed E-state index contributed by atoms with van der Waals surface area (Å²) < 4.78 is 0. The summed E-state index contributed by atoms with van der Waals surface area (Å²) in [6, 6.07) is 6.78. The van der Waals surface area contributed by atoms with Crippen molar-refractivity contribution in [3.8, 4) is 0 Å². The number of hydrogen-bond donors (Lipinski definition) is 1. The second-order valence-electron chi connectivity index (χ2n) is 3.27. The van der Waals surface area contributed by atoms with Crippen LogP contribution in [-0.4, -0.2) is 21.7 Å². The summed E-state index contributed by atoms with van der Waals surface area (Å²) in [6.07, 6.45) is 0.0683. The number of aliphatic carboxylic acids is 1. The number of rotatable bonds is 1. The average Bonchev–Trinajstić information content (AvgIpc) is 2.42. The Balaban J connectivity index is 2.54. The molecule has 0 amide bonds. The first-order valence-electron chi connectivity index (χ1n) is 4.11. The Morgan fingerprint density at radius 3 is 2.64 bits per heavy atom. The highest BCUT2D eigenvalue weighted by Gasteiger charge is 2.50. The zero-order chi connectivity index (χ0) is 10.3. The normalized spacial score (nSPS) is 24.8. The fraction of sp³-hybridized carbons (Fsp3) is 0.200. The molecule has 0 saturated carbocycles. The van der Waals surface area contributed by atoms with Crippen LogP contribution in [0.25, 0.3) is 0 Å². The largest absolute Gasteiger partial charge is 0.480 e. The van der Waals surface area contributed by atoms with Gasteiger partial charge in [-0.3, -0.25) is 4.79 Å². The third-order valence-electron chi connectivity index (χ3n) is 2.39. The summed E-state index contributed by atoms with van der Waals surface area (Å²) in [5.74, 6) is -1.79. The summed E-state index contributed by atoms with van der Waals surface area (Å²) in [7, 11) is 0. The molecule has 1 aromatic rings. The fourth-order valence-electron chi connectivity index (χ4n) is 1.62. The van der Waals surface area contributed by atoms with Crippen LogP contribution in [0.3, 0.4) is 0 Å². The molecule has 0 saturated heterocycles. The van der Waals surface area contributed by atoms with Gasteiger partial charge in [-0.05, 0) is 5.56 Å². The minimum atomic E-state index is -1.79. The van der Waals surface area contributed by atoms with E-state index in [1.165, 1.54) is 0 Å². The number of alkyl halides is 1. The van der Waals surface area contributed by atoms with E-state index in [0.29, 0.717) is 11.1 Å². The molecule has 0 spiro atoms. The van der Waals surface area contributed by atoms with E-state index in [9.17, 15) is 9.59 Å². The highest BCUT2D eigenvalue weighted by Crippen LogP contribution is 2.35. The molecule has 4 heteroatoms. The maximum Gasteiger partial charge on any atom is 0.333 e. The molecule has 1 aromatic carbocycles. The van der Waals surface area contributed by atoms with Crippen molar-refractivity contribution in [2.75, 3.05) is 0 Å². The van der Waals surface area contributed by atoms with Crippen LogP contribution in [0.4, 0.5) is 0 Å². The van der Waals surface area contributed by atoms with Gasteiger partial charge in [0, 0.05) is 12.0 Å². The van der Waals surface area contributed by atoms with Crippen molar-refractivity contribution in [1.82, 2.24) is 0 Å². The first-order valence-corrected chi connectivity index (χ1v) is 4.48. The maximum atomic E-state index is 11.6. The van der Waals surface area contributed by atoms with E-state index in [4.69, 9.17) is 16.7 Å². The quantitative estimate of drug-likeness (QED) is 0.564. The lowest BCUT2D eigenvalue weighted by Crippen LogP contribution is -2.38. The summed E-state index contributed by atoms with van der Waals surface area (Å²) in [4.78, 5) is 20.7. The Morgan fingerprint density at radius 2 is 2.07 bits per heavy atom. The van der Waals surface area contributed by atoms with Gasteiger partial charge in [0.15, 0.2) is 5.78 Å². The van der Waals surface area contributed by atoms with E-state index in [1.807, 2.05) is 0 Å². The standard InChI is InChI=1S/C10H7ClO3/c11-10(9(13)14)5-6-3-1-2-4-7(6)8(10)12/h1-4H,5H2,(H,13,14)/t10-/m0/s1. The minimum absolute atomic E-state index is 0.0683. The van der Waals surface area contributed by atoms with E-state index in [1.54, 1.807) is 24.3 Å². The van der Waals surface area contributed by atoms with Gasteiger partial charge in [0.1, 0.15) is 0 Å². The zero-order valence-electron chi connectivity index (χ0n) is 7.16. The molecule has 2 rings (SSSR count). The van der Waals surface area contributed by atoms with E-state index in [-0.39, 0.29) is 6.42 Å². The van der Waals surface area contributed by atoms with Crippen LogP contribution in [-0.2, 0) is 11.2 Å². The number of hydrogen-bond acceptors (Lipinski definition) is 2. The van der Waals surface area contributed by atoms with Gasteiger partial charge in [-0.1, -0.05) is 35.9 Å². The Labute approximate surface area is 85.3 Å². The number of benzene rings is 1. The molecule has 14 heavy (non-hydrogen) atoms. The first-order chi connectivity index (χ1) is 6.55. The lowest BCUT2D eigenvalue weighted by Gasteiger charge is -2.11. The van der Waals surface area contributed by atoms with Crippen molar-refractivity contribution in [3.05, 3.63) is 35.4 Å². The molecule has 1 aliphatic rings. The summed E-state index contributed by atoms with van der Waals surface area (Å²) in [5, 5.41) is 8.86. The average molecular weight is 211 g/mol. The SMILES string of the molecule is O=C(O)[C@]1(Cl)Cc2ccccc2C1=O. The van der Waals surface area contributed by atoms with E-state index in [2.05, 4.69) is 0 Å². The molecule has 0 aromatic heterocycles. The third-order valence-corrected chi connectivity index (χ3v) is 2.86. The number of halogens is 1. The van der Waals surface area contributed by atoms with Crippen LogP contribution in [0.15, 0.2) is 24.3 Å². The van der Waals surface area contributed by atoms with Gasteiger partial charge in [0.25, 0.3) is 0 Å². The Kier molecular flexibility index (Phi) is 1.86. The molecular formula is C10H7ClO3. The zero-order valence-corrected chi connectivity index (χ0v) is 7.91. The van der Waals surface area contributed by atoms with Gasteiger partial charge in [-0.25, -0.2) is 4.79 Å². The molecule has 1 aliphatic carbocycles. The summed E-state index contributed by atoms with van der Waals surface area (Å²) in [5.41, 5.74) is 1.12. The number of carbonyl (C=O) groups is 2. The molecular weight excluding hydrogens is 204 g/mol. The topological polar surface area (TPSA) is 54.4 Å². The summed E-state index contributed by atoms with van der Waals surface area (Å²) >= 11 is 5.77. The molecule has 1 atom stereocenters. The highest BCUT2D eigenvalue weighted by molar-refractivity contribution is 6.49. The van der Waals surface area contributed by atoms with E-state index < -0.39 is 16.6 Å². The third kappa shape index (κ3) is 1.06. The maximum absolute atomic E-state index is 11.6. The Morgan fingerprint density at radius 1 is 1.43 bits per heavy atom. The highest BCUT2D eigenvalue weighted by atomic mass is 35.5. The van der Waals surface area contributed by atoms with E-state index >= 15 is 0 Å². The van der Waals surface area contributed by atoms with Gasteiger partial charge in [-0.15, -0.1) is 0 Å². The molecule has 0 bridgehead atoms. The van der Waals surface area contributed by atoms with Crippen LogP contribution in [0.5, 0.6) is 0 Å². The minimum Gasteiger partial charge on any atom is -0.480 e. The van der Waals surface area contributed by atoms with Crippen molar-refractivity contribution < 1.29 is 14.7 Å². The molecule has 0 heterocycles. The number of fused-ring (bicyclic) bond motifs is 1. The van der Waals surface area contributed by atoms with Gasteiger partial charge >= 0.3 is 5.97 Å². The second-order valence-corrected chi connectivity index (χ2v) is 3.91. The van der Waals surface area contributed by atoms with Gasteiger partial charge in [-0.2, -0.15) is 0 Å². The predicted molar refractivity (Wildman–Crippen MR) is 50.7 cm³/mol. The smallest absolute Gasteiger partial charge is 0.333 e. The van der Waals surface area contributed by atoms with Crippen molar-refractivity contribution >= 4 is 23.4 Å². The van der Waals surface area contributed by atoms with Gasteiger partial charge < -0.3 is 5.11 Å². The van der Waals surface area contributed by atoms with Crippen molar-refractivity contribution in [1.29, 1.82) is 0 Å². The number of carboxylic acid groups (broad SMARTS) is 1. The lowest BCUT2D eigenvalue weighted by atomic mass is 10.1. The van der Waals surface area contributed by atoms with Gasteiger partial charge in [0.2, 0.25) is 4.87 Å². The van der Waals surface area contributed by atoms with Crippen LogP contribution < -0.4 is 0 Å². The van der Waals surface area contributed by atoms with Crippen molar-refractivity contribution in [3.63, 3.8) is 0 Å². The number of Topliss-reactive ketones (excluding diaryl/α,β-unsaturated/α-hetero) is 1. The number of carbonyl (C=O) groups excluding carboxylic acids is 1. The van der Waals surface area contributed by atoms with Gasteiger partial charge in [0.05, 0.1) is 0 Å². The van der Waals surface area contributed by atoms with E-state index in [0.717, 1.165) is 0 Å². The van der Waals surface area contributed by atoms with Crippen molar-refractivity contribution in [2.45, 2.75) is 11.3 Å².